The van der Waals surface area contributed by atoms with Crippen molar-refractivity contribution in [3.8, 4) is 0 Å². The summed E-state index contributed by atoms with van der Waals surface area (Å²) in [6, 6.07) is 13.9. The minimum absolute atomic E-state index is 0.478. The molecule has 1 N–H and O–H groups in total. The zero-order valence-electron chi connectivity index (χ0n) is 11.0. The van der Waals surface area contributed by atoms with E-state index in [1.54, 1.807) is 12.1 Å². The second-order valence-corrected chi connectivity index (χ2v) is 5.84. The van der Waals surface area contributed by atoms with Crippen LogP contribution in [0.3, 0.4) is 0 Å². The summed E-state index contributed by atoms with van der Waals surface area (Å²) in [7, 11) is 0. The fourth-order valence-electron chi connectivity index (χ4n) is 1.98. The average molecular weight is 329 g/mol. The average Bonchev–Trinajstić information content (AvgIpc) is 2.45. The molecule has 0 heterocycles. The Morgan fingerprint density at radius 2 is 1.50 bits per heavy atom. The molecule has 0 saturated carbocycles. The maximum atomic E-state index is 6.10. The SMILES string of the molecule is Clc1cc(Cl)c(NCCCCc2ccccc2)cc1Cl. The topological polar surface area (TPSA) is 12.0 Å². The van der Waals surface area contributed by atoms with Gasteiger partial charge in [-0.2, -0.15) is 0 Å². The Hall–Kier alpha value is -0.890. The van der Waals surface area contributed by atoms with Gasteiger partial charge in [-0.05, 0) is 37.0 Å². The summed E-state index contributed by atoms with van der Waals surface area (Å²) in [5.41, 5.74) is 2.21. The number of rotatable bonds is 6. The van der Waals surface area contributed by atoms with Crippen LogP contribution in [0, 0.1) is 0 Å². The van der Waals surface area contributed by atoms with Crippen molar-refractivity contribution in [1.82, 2.24) is 0 Å². The highest BCUT2D eigenvalue weighted by atomic mass is 35.5. The summed E-state index contributed by atoms with van der Waals surface area (Å²) in [4.78, 5) is 0. The highest BCUT2D eigenvalue weighted by Gasteiger charge is 2.05. The molecule has 0 aliphatic rings. The molecule has 0 fully saturated rings. The first kappa shape index (κ1) is 15.5. The lowest BCUT2D eigenvalue weighted by molar-refractivity contribution is 0.763. The van der Waals surface area contributed by atoms with Crippen LogP contribution in [0.5, 0.6) is 0 Å². The van der Waals surface area contributed by atoms with Gasteiger partial charge in [0.05, 0.1) is 20.8 Å². The van der Waals surface area contributed by atoms with Crippen molar-refractivity contribution in [2.75, 3.05) is 11.9 Å². The van der Waals surface area contributed by atoms with Crippen LogP contribution in [-0.4, -0.2) is 6.54 Å². The van der Waals surface area contributed by atoms with Crippen LogP contribution in [0.4, 0.5) is 5.69 Å². The van der Waals surface area contributed by atoms with Crippen molar-refractivity contribution < 1.29 is 0 Å². The van der Waals surface area contributed by atoms with Crippen LogP contribution < -0.4 is 5.32 Å². The first-order valence-corrected chi connectivity index (χ1v) is 7.72. The van der Waals surface area contributed by atoms with E-state index in [9.17, 15) is 0 Å². The molecule has 4 heteroatoms. The van der Waals surface area contributed by atoms with Crippen LogP contribution in [0.25, 0.3) is 0 Å². The Kier molecular flexibility index (Phi) is 6.03. The van der Waals surface area contributed by atoms with Crippen molar-refractivity contribution in [3.63, 3.8) is 0 Å². The molecule has 2 aromatic carbocycles. The van der Waals surface area contributed by atoms with Gasteiger partial charge in [-0.15, -0.1) is 0 Å². The van der Waals surface area contributed by atoms with E-state index >= 15 is 0 Å². The smallest absolute Gasteiger partial charge is 0.0653 e. The van der Waals surface area contributed by atoms with Gasteiger partial charge in [0, 0.05) is 6.54 Å². The summed E-state index contributed by atoms with van der Waals surface area (Å²) in [6.45, 7) is 0.866. The second-order valence-electron chi connectivity index (χ2n) is 4.62. The van der Waals surface area contributed by atoms with Crippen LogP contribution in [0.15, 0.2) is 42.5 Å². The molecule has 1 nitrogen and oxygen atoms in total. The fraction of sp³-hybridized carbons (Fsp3) is 0.250. The summed E-state index contributed by atoms with van der Waals surface area (Å²) in [5, 5.41) is 4.89. The zero-order chi connectivity index (χ0) is 14.4. The Labute approximate surface area is 134 Å². The number of hydrogen-bond donors (Lipinski definition) is 1. The standard InChI is InChI=1S/C16H16Cl3N/c17-13-10-15(19)16(11-14(13)18)20-9-5-4-8-12-6-2-1-3-7-12/h1-3,6-7,10-11,20H,4-5,8-9H2. The molecule has 0 aromatic heterocycles. The van der Waals surface area contributed by atoms with Gasteiger partial charge in [-0.3, -0.25) is 0 Å². The number of hydrogen-bond acceptors (Lipinski definition) is 1. The highest BCUT2D eigenvalue weighted by molar-refractivity contribution is 6.44. The Morgan fingerprint density at radius 3 is 2.25 bits per heavy atom. The Bertz CT molecular complexity index is 555. The minimum atomic E-state index is 0.478. The molecule has 0 atom stereocenters. The third-order valence-electron chi connectivity index (χ3n) is 3.06. The molecule has 106 valence electrons. The van der Waals surface area contributed by atoms with Crippen LogP contribution in [0.1, 0.15) is 18.4 Å². The summed E-state index contributed by atoms with van der Waals surface area (Å²) in [5.74, 6) is 0. The Morgan fingerprint density at radius 1 is 0.800 bits per heavy atom. The first-order valence-electron chi connectivity index (χ1n) is 6.59. The van der Waals surface area contributed by atoms with E-state index < -0.39 is 0 Å². The van der Waals surface area contributed by atoms with Gasteiger partial charge in [0.2, 0.25) is 0 Å². The number of anilines is 1. The van der Waals surface area contributed by atoms with Crippen molar-refractivity contribution in [1.29, 1.82) is 0 Å². The quantitative estimate of drug-likeness (QED) is 0.500. The lowest BCUT2D eigenvalue weighted by Gasteiger charge is -2.09. The third-order valence-corrected chi connectivity index (χ3v) is 4.10. The molecule has 2 aromatic rings. The maximum absolute atomic E-state index is 6.10. The summed E-state index contributed by atoms with van der Waals surface area (Å²) < 4.78 is 0. The van der Waals surface area contributed by atoms with Gasteiger partial charge in [-0.25, -0.2) is 0 Å². The summed E-state index contributed by atoms with van der Waals surface area (Å²) in [6.07, 6.45) is 3.30. The molecule has 0 saturated heterocycles. The van der Waals surface area contributed by atoms with Crippen molar-refractivity contribution in [2.45, 2.75) is 19.3 Å². The normalized spacial score (nSPS) is 10.6. The monoisotopic (exact) mass is 327 g/mol. The van der Waals surface area contributed by atoms with Gasteiger partial charge in [0.1, 0.15) is 0 Å². The van der Waals surface area contributed by atoms with E-state index in [-0.39, 0.29) is 0 Å². The molecule has 0 spiro atoms. The number of nitrogens with one attached hydrogen (secondary N) is 1. The molecule has 0 radical (unpaired) electrons. The Balaban J connectivity index is 1.75. The predicted molar refractivity (Wildman–Crippen MR) is 89.3 cm³/mol. The summed E-state index contributed by atoms with van der Waals surface area (Å²) >= 11 is 18.0. The number of benzene rings is 2. The van der Waals surface area contributed by atoms with Gasteiger partial charge < -0.3 is 5.32 Å². The predicted octanol–water partition coefficient (Wildman–Crippen LogP) is 6.08. The van der Waals surface area contributed by atoms with E-state index in [4.69, 9.17) is 34.8 Å². The number of halogens is 3. The van der Waals surface area contributed by atoms with Gasteiger partial charge in [0.25, 0.3) is 0 Å². The molecule has 0 aliphatic carbocycles. The fourth-order valence-corrected chi connectivity index (χ4v) is 2.59. The van der Waals surface area contributed by atoms with Crippen molar-refractivity contribution >= 4 is 40.5 Å². The van der Waals surface area contributed by atoms with E-state index in [0.717, 1.165) is 31.5 Å². The zero-order valence-corrected chi connectivity index (χ0v) is 13.3. The molecule has 20 heavy (non-hydrogen) atoms. The van der Waals surface area contributed by atoms with Crippen molar-refractivity contribution in [2.24, 2.45) is 0 Å². The van der Waals surface area contributed by atoms with Crippen molar-refractivity contribution in [3.05, 3.63) is 63.1 Å². The van der Waals surface area contributed by atoms with Crippen LogP contribution >= 0.6 is 34.8 Å². The molecule has 2 rings (SSSR count). The molecule has 0 unspecified atom stereocenters. The van der Waals surface area contributed by atoms with E-state index in [2.05, 4.69) is 29.6 Å². The van der Waals surface area contributed by atoms with E-state index in [1.165, 1.54) is 5.56 Å². The van der Waals surface area contributed by atoms with Gasteiger partial charge in [0.15, 0.2) is 0 Å². The highest BCUT2D eigenvalue weighted by Crippen LogP contribution is 2.32. The molecular weight excluding hydrogens is 313 g/mol. The van der Waals surface area contributed by atoms with Gasteiger partial charge >= 0.3 is 0 Å². The minimum Gasteiger partial charge on any atom is -0.384 e. The molecule has 0 bridgehead atoms. The third kappa shape index (κ3) is 4.59. The molecule has 0 amide bonds. The van der Waals surface area contributed by atoms with Gasteiger partial charge in [-0.1, -0.05) is 65.1 Å². The van der Waals surface area contributed by atoms with E-state index in [1.807, 2.05) is 6.07 Å². The largest absolute Gasteiger partial charge is 0.384 e. The lowest BCUT2D eigenvalue weighted by Crippen LogP contribution is -2.02. The first-order chi connectivity index (χ1) is 9.66. The number of aryl methyl sites for hydroxylation is 1. The van der Waals surface area contributed by atoms with Crippen LogP contribution in [0.2, 0.25) is 15.1 Å². The second kappa shape index (κ2) is 7.78. The maximum Gasteiger partial charge on any atom is 0.0653 e. The molecule has 0 aliphatic heterocycles. The number of unbranched alkanes of at least 4 members (excludes halogenated alkanes) is 1. The van der Waals surface area contributed by atoms with E-state index in [0.29, 0.717) is 15.1 Å². The molecular formula is C16H16Cl3N. The van der Waals surface area contributed by atoms with Crippen LogP contribution in [-0.2, 0) is 6.42 Å². The lowest BCUT2D eigenvalue weighted by atomic mass is 10.1.